The van der Waals surface area contributed by atoms with Crippen molar-refractivity contribution in [2.24, 2.45) is 0 Å². The molecule has 0 aliphatic heterocycles. The van der Waals surface area contributed by atoms with Gasteiger partial charge in [0.05, 0.1) is 17.9 Å². The molecule has 2 aromatic rings. The molecule has 9 heteroatoms. The number of benzene rings is 1. The van der Waals surface area contributed by atoms with Crippen LogP contribution in [-0.4, -0.2) is 62.6 Å². The molecule has 1 aromatic heterocycles. The number of aliphatic carboxylic acids is 1. The maximum atomic E-state index is 12.3. The summed E-state index contributed by atoms with van der Waals surface area (Å²) in [7, 11) is 1.62. The Kier molecular flexibility index (Phi) is 8.70. The largest absolute Gasteiger partial charge is 0.478 e. The summed E-state index contributed by atoms with van der Waals surface area (Å²) in [6.07, 6.45) is 4.71. The van der Waals surface area contributed by atoms with E-state index in [-0.39, 0.29) is 12.5 Å². The van der Waals surface area contributed by atoms with Gasteiger partial charge in [-0.15, -0.1) is 0 Å². The first kappa shape index (κ1) is 27.9. The number of rotatable bonds is 10. The van der Waals surface area contributed by atoms with E-state index < -0.39 is 11.6 Å². The van der Waals surface area contributed by atoms with E-state index in [2.05, 4.69) is 10.4 Å². The highest BCUT2D eigenvalue weighted by Gasteiger charge is 2.31. The van der Waals surface area contributed by atoms with Gasteiger partial charge >= 0.3 is 5.97 Å². The second kappa shape index (κ2) is 11.6. The van der Waals surface area contributed by atoms with Gasteiger partial charge in [0, 0.05) is 20.1 Å². The summed E-state index contributed by atoms with van der Waals surface area (Å²) in [5, 5.41) is 21.5. The van der Waals surface area contributed by atoms with Crippen molar-refractivity contribution in [1.29, 1.82) is 0 Å². The zero-order chi connectivity index (χ0) is 27.3. The Hall–Kier alpha value is -3.72. The third-order valence-corrected chi connectivity index (χ3v) is 6.27. The molecule has 1 heterocycles. The number of carbonyl (C=O) groups excluding carboxylic acids is 1. The predicted molar refractivity (Wildman–Crippen MR) is 142 cm³/mol. The minimum absolute atomic E-state index is 0.0935. The van der Waals surface area contributed by atoms with E-state index in [4.69, 9.17) is 9.84 Å². The number of carboxylic acids is 1. The van der Waals surface area contributed by atoms with Crippen molar-refractivity contribution in [1.82, 2.24) is 25.2 Å². The number of hydrogen-bond acceptors (Lipinski definition) is 6. The van der Waals surface area contributed by atoms with E-state index in [9.17, 15) is 14.7 Å². The summed E-state index contributed by atoms with van der Waals surface area (Å²) in [6.45, 7) is 12.0. The second-order valence-corrected chi connectivity index (χ2v) is 10.00. The van der Waals surface area contributed by atoms with Gasteiger partial charge in [-0.3, -0.25) is 9.69 Å². The van der Waals surface area contributed by atoms with Crippen LogP contribution in [0, 0.1) is 13.8 Å². The van der Waals surface area contributed by atoms with Crippen molar-refractivity contribution in [3.8, 4) is 5.69 Å². The van der Waals surface area contributed by atoms with Crippen LogP contribution in [-0.2, 0) is 20.9 Å². The molecule has 37 heavy (non-hydrogen) atoms. The number of amides is 1. The Morgan fingerprint density at radius 2 is 1.78 bits per heavy atom. The van der Waals surface area contributed by atoms with Crippen molar-refractivity contribution in [3.05, 3.63) is 75.8 Å². The minimum Gasteiger partial charge on any atom is -0.478 e. The highest BCUT2D eigenvalue weighted by molar-refractivity contribution is 5.77. The van der Waals surface area contributed by atoms with Crippen LogP contribution in [0.5, 0.6) is 0 Å². The lowest BCUT2D eigenvalue weighted by molar-refractivity contribution is -0.156. The molecular weight excluding hydrogens is 470 g/mol. The van der Waals surface area contributed by atoms with E-state index >= 15 is 0 Å². The van der Waals surface area contributed by atoms with E-state index in [0.29, 0.717) is 25.3 Å². The molecule has 0 atom stereocenters. The second-order valence-electron chi connectivity index (χ2n) is 10.00. The molecule has 9 nitrogen and oxygen atoms in total. The van der Waals surface area contributed by atoms with Crippen molar-refractivity contribution in [2.75, 3.05) is 20.1 Å². The lowest BCUT2D eigenvalue weighted by Crippen LogP contribution is -2.36. The molecule has 0 saturated heterocycles. The fraction of sp³-hybridized carbons (Fsp3) is 0.429. The maximum absolute atomic E-state index is 12.3. The zero-order valence-electron chi connectivity index (χ0n) is 22.8. The average molecular weight is 508 g/mol. The SMILES string of the molecule is CNC(=O)CN(CC1=CC(C)=C(OC(C)(C)C(=O)O)C(C)=CC1)Cc1nn(-c2ccc(C)cc2)nc1C. The molecule has 0 bridgehead atoms. The van der Waals surface area contributed by atoms with Gasteiger partial charge in [0.1, 0.15) is 11.5 Å². The first-order valence-corrected chi connectivity index (χ1v) is 12.3. The molecule has 0 saturated carbocycles. The van der Waals surface area contributed by atoms with Crippen LogP contribution in [0.4, 0.5) is 0 Å². The van der Waals surface area contributed by atoms with Crippen LogP contribution in [0.2, 0.25) is 0 Å². The highest BCUT2D eigenvalue weighted by atomic mass is 16.5. The molecule has 2 N–H and O–H groups in total. The zero-order valence-corrected chi connectivity index (χ0v) is 22.8. The number of nitrogens with zero attached hydrogens (tertiary/aromatic N) is 4. The van der Waals surface area contributed by atoms with Crippen LogP contribution in [0.1, 0.15) is 51.1 Å². The molecule has 0 unspecified atom stereocenters. The standard InChI is InChI=1S/C28H37N5O4/c1-18-8-12-23(13-9-18)33-30-21(4)24(31-33)16-32(17-25(34)29-7)15-22-11-10-19(2)26(20(3)14-22)37-28(5,6)27(35)36/h8-10,12-14H,11,15-17H2,1-7H3,(H,29,34)(H,35,36). The van der Waals surface area contributed by atoms with Crippen LogP contribution >= 0.6 is 0 Å². The van der Waals surface area contributed by atoms with E-state index in [0.717, 1.165) is 39.4 Å². The first-order valence-electron chi connectivity index (χ1n) is 12.3. The van der Waals surface area contributed by atoms with Crippen LogP contribution < -0.4 is 5.32 Å². The number of carbonyl (C=O) groups is 2. The van der Waals surface area contributed by atoms with Gasteiger partial charge in [-0.1, -0.05) is 35.4 Å². The molecule has 1 amide bonds. The Morgan fingerprint density at radius 1 is 1.11 bits per heavy atom. The molecule has 0 fully saturated rings. The number of nitrogens with one attached hydrogen (secondary N) is 1. The summed E-state index contributed by atoms with van der Waals surface area (Å²) in [4.78, 5) is 27.6. The van der Waals surface area contributed by atoms with Crippen molar-refractivity contribution in [2.45, 2.75) is 60.1 Å². The number of aryl methyl sites for hydroxylation is 2. The van der Waals surface area contributed by atoms with Gasteiger partial charge in [0.15, 0.2) is 5.60 Å². The molecule has 0 spiro atoms. The third kappa shape index (κ3) is 7.16. The van der Waals surface area contributed by atoms with Gasteiger partial charge < -0.3 is 15.2 Å². The number of likely N-dealkylation sites (N-methyl/N-ethyl adjacent to an activating group) is 1. The smallest absolute Gasteiger partial charge is 0.347 e. The first-order chi connectivity index (χ1) is 17.4. The summed E-state index contributed by atoms with van der Waals surface area (Å²) >= 11 is 0. The van der Waals surface area contributed by atoms with Crippen LogP contribution in [0.25, 0.3) is 5.69 Å². The van der Waals surface area contributed by atoms with E-state index in [1.54, 1.807) is 11.8 Å². The van der Waals surface area contributed by atoms with E-state index in [1.807, 2.05) is 69.0 Å². The fourth-order valence-corrected chi connectivity index (χ4v) is 3.99. The molecule has 3 rings (SSSR count). The third-order valence-electron chi connectivity index (χ3n) is 6.27. The Balaban J connectivity index is 1.86. The molecular formula is C28H37N5O4. The van der Waals surface area contributed by atoms with Crippen molar-refractivity contribution < 1.29 is 19.4 Å². The predicted octanol–water partition coefficient (Wildman–Crippen LogP) is 3.86. The molecule has 1 aliphatic carbocycles. The minimum atomic E-state index is -1.35. The maximum Gasteiger partial charge on any atom is 0.347 e. The van der Waals surface area contributed by atoms with Gasteiger partial charge in [-0.2, -0.15) is 15.0 Å². The normalized spacial score (nSPS) is 14.3. The monoisotopic (exact) mass is 507 g/mol. The molecule has 198 valence electrons. The quantitative estimate of drug-likeness (QED) is 0.502. The molecule has 1 aromatic carbocycles. The number of aromatic nitrogens is 3. The van der Waals surface area contributed by atoms with Crippen LogP contribution in [0.15, 0.2) is 58.9 Å². The molecule has 0 radical (unpaired) electrons. The Labute approximate surface area is 218 Å². The summed E-state index contributed by atoms with van der Waals surface area (Å²) < 4.78 is 5.91. The van der Waals surface area contributed by atoms with Gasteiger partial charge in [0.2, 0.25) is 5.91 Å². The average Bonchev–Trinajstić information content (AvgIpc) is 3.14. The molecule has 1 aliphatic rings. The lowest BCUT2D eigenvalue weighted by Gasteiger charge is -2.25. The topological polar surface area (TPSA) is 110 Å². The van der Waals surface area contributed by atoms with Crippen molar-refractivity contribution in [3.63, 3.8) is 0 Å². The number of ether oxygens (including phenoxy) is 1. The Bertz CT molecular complexity index is 1250. The van der Waals surface area contributed by atoms with Gasteiger partial charge in [0.25, 0.3) is 0 Å². The summed E-state index contributed by atoms with van der Waals surface area (Å²) in [5.74, 6) is -0.555. The lowest BCUT2D eigenvalue weighted by atomic mass is 10.1. The van der Waals surface area contributed by atoms with Gasteiger partial charge in [-0.05, 0) is 71.2 Å². The summed E-state index contributed by atoms with van der Waals surface area (Å²) in [6, 6.07) is 7.99. The number of allylic oxidation sites excluding steroid dienone is 4. The number of hydrogen-bond donors (Lipinski definition) is 2. The Morgan fingerprint density at radius 3 is 2.41 bits per heavy atom. The van der Waals surface area contributed by atoms with Crippen molar-refractivity contribution >= 4 is 11.9 Å². The van der Waals surface area contributed by atoms with E-state index in [1.165, 1.54) is 13.8 Å². The van der Waals surface area contributed by atoms with Gasteiger partial charge in [-0.25, -0.2) is 4.79 Å². The summed E-state index contributed by atoms with van der Waals surface area (Å²) in [5.41, 5.74) is 5.09. The number of carboxylic acid groups (broad SMARTS) is 1. The fourth-order valence-electron chi connectivity index (χ4n) is 3.99. The highest BCUT2D eigenvalue weighted by Crippen LogP contribution is 2.29. The van der Waals surface area contributed by atoms with Crippen LogP contribution in [0.3, 0.4) is 0 Å².